The maximum absolute atomic E-state index is 12.0. The number of rotatable bonds is 7. The van der Waals surface area contributed by atoms with Crippen molar-refractivity contribution >= 4 is 29.0 Å². The summed E-state index contributed by atoms with van der Waals surface area (Å²) < 4.78 is 1.86. The van der Waals surface area contributed by atoms with E-state index in [-0.39, 0.29) is 5.91 Å². The van der Waals surface area contributed by atoms with Gasteiger partial charge in [-0.3, -0.25) is 9.48 Å². The molecule has 1 amide bonds. The summed E-state index contributed by atoms with van der Waals surface area (Å²) in [5.41, 5.74) is 3.19. The van der Waals surface area contributed by atoms with Crippen LogP contribution in [0.3, 0.4) is 0 Å². The van der Waals surface area contributed by atoms with Gasteiger partial charge in [0.2, 0.25) is 5.91 Å². The summed E-state index contributed by atoms with van der Waals surface area (Å²) in [5, 5.41) is 9.46. The van der Waals surface area contributed by atoms with Gasteiger partial charge in [-0.05, 0) is 23.1 Å². The zero-order chi connectivity index (χ0) is 16.8. The molecule has 6 heteroatoms. The molecule has 0 unspecified atom stereocenters. The number of carbonyl (C=O) groups excluding carboxylic acids is 1. The zero-order valence-corrected chi connectivity index (χ0v) is 15.1. The summed E-state index contributed by atoms with van der Waals surface area (Å²) in [6.07, 6.45) is 0. The van der Waals surface area contributed by atoms with Crippen LogP contribution in [0.25, 0.3) is 10.6 Å². The van der Waals surface area contributed by atoms with E-state index in [2.05, 4.69) is 28.6 Å². The lowest BCUT2D eigenvalue weighted by Crippen LogP contribution is -2.24. The van der Waals surface area contributed by atoms with Crippen LogP contribution >= 0.6 is 23.1 Å². The first-order chi connectivity index (χ1) is 11.7. The monoisotopic (exact) mass is 357 g/mol. The van der Waals surface area contributed by atoms with Gasteiger partial charge < -0.3 is 5.32 Å². The normalized spacial score (nSPS) is 10.7. The molecule has 0 atom stereocenters. The van der Waals surface area contributed by atoms with Crippen LogP contribution in [0.15, 0.2) is 53.9 Å². The van der Waals surface area contributed by atoms with E-state index in [0.717, 1.165) is 17.1 Å². The standard InChI is InChI=1S/C18H19N3OS2/c1-21-16(17-8-5-9-24-17)10-15(20-21)11-19-18(22)13-23-12-14-6-3-2-4-7-14/h2-10H,11-13H2,1H3,(H,19,22). The summed E-state index contributed by atoms with van der Waals surface area (Å²) in [4.78, 5) is 13.1. The van der Waals surface area contributed by atoms with Gasteiger partial charge in [0.25, 0.3) is 0 Å². The van der Waals surface area contributed by atoms with Crippen LogP contribution in [0.1, 0.15) is 11.3 Å². The molecule has 1 aromatic carbocycles. The van der Waals surface area contributed by atoms with Crippen molar-refractivity contribution in [2.45, 2.75) is 12.3 Å². The molecule has 1 N–H and O–H groups in total. The van der Waals surface area contributed by atoms with Crippen LogP contribution in [0.4, 0.5) is 0 Å². The van der Waals surface area contributed by atoms with Crippen molar-refractivity contribution in [3.05, 3.63) is 65.2 Å². The van der Waals surface area contributed by atoms with Crippen LogP contribution in [-0.4, -0.2) is 21.4 Å². The molecular weight excluding hydrogens is 338 g/mol. The Balaban J connectivity index is 1.45. The molecule has 0 saturated heterocycles. The Morgan fingerprint density at radius 1 is 1.25 bits per heavy atom. The quantitative estimate of drug-likeness (QED) is 0.701. The van der Waals surface area contributed by atoms with Crippen molar-refractivity contribution in [3.63, 3.8) is 0 Å². The molecule has 3 rings (SSSR count). The van der Waals surface area contributed by atoms with Crippen molar-refractivity contribution in [1.82, 2.24) is 15.1 Å². The topological polar surface area (TPSA) is 46.9 Å². The van der Waals surface area contributed by atoms with E-state index < -0.39 is 0 Å². The van der Waals surface area contributed by atoms with Gasteiger partial charge in [0.15, 0.2) is 0 Å². The number of benzene rings is 1. The molecule has 0 radical (unpaired) electrons. The highest BCUT2D eigenvalue weighted by molar-refractivity contribution is 7.99. The molecule has 2 heterocycles. The summed E-state index contributed by atoms with van der Waals surface area (Å²) in [6, 6.07) is 16.3. The fourth-order valence-electron chi connectivity index (χ4n) is 2.34. The second-order valence-corrected chi connectivity index (χ2v) is 7.31. The van der Waals surface area contributed by atoms with E-state index >= 15 is 0 Å². The molecule has 0 aliphatic carbocycles. The minimum atomic E-state index is 0.0410. The van der Waals surface area contributed by atoms with E-state index in [4.69, 9.17) is 0 Å². The van der Waals surface area contributed by atoms with Crippen molar-refractivity contribution in [2.75, 3.05) is 5.75 Å². The van der Waals surface area contributed by atoms with E-state index in [0.29, 0.717) is 12.3 Å². The molecule has 0 saturated carbocycles. The maximum Gasteiger partial charge on any atom is 0.230 e. The number of aryl methyl sites for hydroxylation is 1. The second kappa shape index (κ2) is 8.17. The first-order valence-electron chi connectivity index (χ1n) is 7.67. The lowest BCUT2D eigenvalue weighted by molar-refractivity contribution is -0.118. The van der Waals surface area contributed by atoms with Crippen LogP contribution in [0.5, 0.6) is 0 Å². The van der Waals surface area contributed by atoms with Gasteiger partial charge in [-0.2, -0.15) is 5.10 Å². The van der Waals surface area contributed by atoms with Gasteiger partial charge in [-0.15, -0.1) is 23.1 Å². The fourth-order valence-corrected chi connectivity index (χ4v) is 3.93. The number of carbonyl (C=O) groups is 1. The van der Waals surface area contributed by atoms with Crippen molar-refractivity contribution in [1.29, 1.82) is 0 Å². The first-order valence-corrected chi connectivity index (χ1v) is 9.71. The predicted molar refractivity (Wildman–Crippen MR) is 101 cm³/mol. The highest BCUT2D eigenvalue weighted by Crippen LogP contribution is 2.24. The Morgan fingerprint density at radius 3 is 2.83 bits per heavy atom. The van der Waals surface area contributed by atoms with E-state index in [1.807, 2.05) is 47.4 Å². The molecule has 24 heavy (non-hydrogen) atoms. The van der Waals surface area contributed by atoms with Gasteiger partial charge in [-0.25, -0.2) is 0 Å². The van der Waals surface area contributed by atoms with Crippen molar-refractivity contribution in [3.8, 4) is 10.6 Å². The molecule has 2 aromatic heterocycles. The minimum absolute atomic E-state index is 0.0410. The number of hydrogen-bond acceptors (Lipinski definition) is 4. The minimum Gasteiger partial charge on any atom is -0.350 e. The molecule has 0 aliphatic heterocycles. The highest BCUT2D eigenvalue weighted by atomic mass is 32.2. The largest absolute Gasteiger partial charge is 0.350 e. The SMILES string of the molecule is Cn1nc(CNC(=O)CSCc2ccccc2)cc1-c1cccs1. The molecule has 0 fully saturated rings. The third-order valence-electron chi connectivity index (χ3n) is 3.52. The summed E-state index contributed by atoms with van der Waals surface area (Å²) in [6.45, 7) is 0.462. The molecule has 0 aliphatic rings. The summed E-state index contributed by atoms with van der Waals surface area (Å²) >= 11 is 3.31. The molecule has 0 spiro atoms. The Hall–Kier alpha value is -2.05. The van der Waals surface area contributed by atoms with Crippen molar-refractivity contribution in [2.24, 2.45) is 7.05 Å². The second-order valence-electron chi connectivity index (χ2n) is 5.38. The molecule has 124 valence electrons. The van der Waals surface area contributed by atoms with Crippen LogP contribution in [0.2, 0.25) is 0 Å². The van der Waals surface area contributed by atoms with Crippen LogP contribution in [0, 0.1) is 0 Å². The Labute approximate surface area is 149 Å². The van der Waals surface area contributed by atoms with Gasteiger partial charge in [0, 0.05) is 12.8 Å². The molecule has 0 bridgehead atoms. The molecular formula is C18H19N3OS2. The van der Waals surface area contributed by atoms with Gasteiger partial charge >= 0.3 is 0 Å². The van der Waals surface area contributed by atoms with Gasteiger partial charge in [-0.1, -0.05) is 36.4 Å². The third kappa shape index (κ3) is 4.49. The van der Waals surface area contributed by atoms with Gasteiger partial charge in [0.1, 0.15) is 0 Å². The van der Waals surface area contributed by atoms with E-state index in [9.17, 15) is 4.79 Å². The number of hydrogen-bond donors (Lipinski definition) is 1. The number of nitrogens with zero attached hydrogens (tertiary/aromatic N) is 2. The van der Waals surface area contributed by atoms with Crippen LogP contribution in [-0.2, 0) is 24.1 Å². The fraction of sp³-hybridized carbons (Fsp3) is 0.222. The zero-order valence-electron chi connectivity index (χ0n) is 13.4. The summed E-state index contributed by atoms with van der Waals surface area (Å²) in [7, 11) is 1.93. The Kier molecular flexibility index (Phi) is 5.72. The number of nitrogens with one attached hydrogen (secondary N) is 1. The molecule has 4 nitrogen and oxygen atoms in total. The Bertz CT molecular complexity index is 782. The number of thiophene rings is 1. The smallest absolute Gasteiger partial charge is 0.230 e. The average molecular weight is 358 g/mol. The molecule has 3 aromatic rings. The number of aromatic nitrogens is 2. The highest BCUT2D eigenvalue weighted by Gasteiger charge is 2.09. The predicted octanol–water partition coefficient (Wildman–Crippen LogP) is 3.70. The van der Waals surface area contributed by atoms with E-state index in [1.54, 1.807) is 23.1 Å². The summed E-state index contributed by atoms with van der Waals surface area (Å²) in [5.74, 6) is 1.35. The maximum atomic E-state index is 12.0. The number of thioether (sulfide) groups is 1. The number of amides is 1. The average Bonchev–Trinajstić information content (AvgIpc) is 3.23. The van der Waals surface area contributed by atoms with Crippen molar-refractivity contribution < 1.29 is 4.79 Å². The van der Waals surface area contributed by atoms with Crippen LogP contribution < -0.4 is 5.32 Å². The first kappa shape index (κ1) is 16.8. The lowest BCUT2D eigenvalue weighted by atomic mass is 10.2. The lowest BCUT2D eigenvalue weighted by Gasteiger charge is -2.03. The third-order valence-corrected chi connectivity index (χ3v) is 5.41. The van der Waals surface area contributed by atoms with Gasteiger partial charge in [0.05, 0.1) is 28.6 Å². The van der Waals surface area contributed by atoms with E-state index in [1.165, 1.54) is 10.4 Å². The Morgan fingerprint density at radius 2 is 2.08 bits per heavy atom.